The Morgan fingerprint density at radius 1 is 0.623 bits per heavy atom. The van der Waals surface area contributed by atoms with Gasteiger partial charge in [0.25, 0.3) is 0 Å². The van der Waals surface area contributed by atoms with Crippen molar-refractivity contribution in [1.29, 1.82) is 10.5 Å². The van der Waals surface area contributed by atoms with E-state index in [0.29, 0.717) is 101 Å². The van der Waals surface area contributed by atoms with E-state index in [2.05, 4.69) is 22.1 Å². The Balaban J connectivity index is 0.000000188. The van der Waals surface area contributed by atoms with Crippen LogP contribution >= 0.6 is 0 Å². The van der Waals surface area contributed by atoms with E-state index in [1.807, 2.05) is 0 Å². The summed E-state index contributed by atoms with van der Waals surface area (Å²) in [4.78, 5) is 31.6. The predicted octanol–water partition coefficient (Wildman–Crippen LogP) is 9.27. The van der Waals surface area contributed by atoms with Gasteiger partial charge in [0, 0.05) is 53.0 Å². The molecule has 0 radical (unpaired) electrons. The molecule has 0 spiro atoms. The molecule has 0 atom stereocenters. The number of aromatic nitrogens is 2. The van der Waals surface area contributed by atoms with Crippen LogP contribution in [0.4, 0.5) is 5.69 Å². The van der Waals surface area contributed by atoms with Crippen molar-refractivity contribution in [3.63, 3.8) is 0 Å². The summed E-state index contributed by atoms with van der Waals surface area (Å²) in [5.74, 6) is -1.71. The number of hydrogen-bond donors (Lipinski definition) is 2. The molecule has 2 aliphatic rings. The van der Waals surface area contributed by atoms with Crippen LogP contribution in [0.15, 0.2) is 160 Å². The summed E-state index contributed by atoms with van der Waals surface area (Å²) >= 11 is 0. The summed E-state index contributed by atoms with van der Waals surface area (Å²) < 4.78 is 81.5. The molecular weight excluding hydrogens is 1030 g/mol. The normalized spacial score (nSPS) is 14.3. The molecular formula is C56H46N6O13S2. The molecule has 6 heterocycles. The molecule has 0 bridgehead atoms. The molecule has 21 heteroatoms. The largest absolute Gasteiger partial charge is 0.478 e. The van der Waals surface area contributed by atoms with E-state index in [9.17, 15) is 36.9 Å². The summed E-state index contributed by atoms with van der Waals surface area (Å²) in [5, 5.41) is 38.1. The lowest BCUT2D eigenvalue weighted by Gasteiger charge is -2.28. The maximum absolute atomic E-state index is 13.0. The first kappa shape index (κ1) is 52.7. The number of nitrogens with zero attached hydrogens (tertiary/aromatic N) is 6. The maximum Gasteiger partial charge on any atom is 0.335 e. The molecule has 0 unspecified atom stereocenters. The number of rotatable bonds is 15. The van der Waals surface area contributed by atoms with Crippen molar-refractivity contribution < 1.29 is 59.7 Å². The molecule has 0 amide bonds. The Hall–Kier alpha value is -9.12. The standard InChI is InChI=1S/C28H23N3O7S.C28H23N3O6S/c29-16-25-24(22-9-12-37-18-22)15-26(30-27(25)38-17-19-1-3-21(4-2-19)28(32)33)20-5-7-23(8-6-20)39(34,35)31-10-13-36-14-11-31;29-16-25-24(22-11-13-36-18-22)15-26(30-27(25)37-17-19-3-5-21(6-4-19)28(32)33)20-7-9-23(10-8-20)31-12-1-2-14-38(31,34)35/h1-9,12,15,18H,10-11,13-14,17H2,(H,32,33);3-11,13,15,18H,1-2,12,14,17H2,(H,32,33). The van der Waals surface area contributed by atoms with Gasteiger partial charge in [-0.2, -0.15) is 14.8 Å². The number of nitriles is 2. The van der Waals surface area contributed by atoms with Crippen LogP contribution in [0.25, 0.3) is 44.8 Å². The lowest BCUT2D eigenvalue weighted by Crippen LogP contribution is -2.40. The summed E-state index contributed by atoms with van der Waals surface area (Å²) in [6, 6.07) is 37.2. The van der Waals surface area contributed by atoms with Crippen molar-refractivity contribution in [2.75, 3.05) is 42.9 Å². The van der Waals surface area contributed by atoms with Gasteiger partial charge in [-0.05, 0) is 96.8 Å². The molecule has 390 valence electrons. The van der Waals surface area contributed by atoms with Crippen molar-refractivity contribution in [2.45, 2.75) is 31.0 Å². The SMILES string of the molecule is N#Cc1c(-c2ccoc2)cc(-c2ccc(N3CCCCS3(=O)=O)cc2)nc1OCc1ccc(C(=O)O)cc1.N#Cc1c(-c2ccoc2)cc(-c2ccc(S(=O)(=O)N3CCOCC3)cc2)nc1OCc1ccc(C(=O)O)cc1. The molecule has 4 aromatic heterocycles. The summed E-state index contributed by atoms with van der Waals surface area (Å²) in [7, 11) is -6.98. The molecule has 0 saturated carbocycles. The molecule has 0 aliphatic carbocycles. The monoisotopic (exact) mass is 1070 g/mol. The van der Waals surface area contributed by atoms with Gasteiger partial charge in [-0.15, -0.1) is 0 Å². The minimum Gasteiger partial charge on any atom is -0.478 e. The lowest BCUT2D eigenvalue weighted by atomic mass is 10.0. The zero-order valence-corrected chi connectivity index (χ0v) is 42.4. The molecule has 19 nitrogen and oxygen atoms in total. The van der Waals surface area contributed by atoms with E-state index in [4.69, 9.17) is 33.3 Å². The van der Waals surface area contributed by atoms with E-state index in [0.717, 1.165) is 6.42 Å². The van der Waals surface area contributed by atoms with Gasteiger partial charge >= 0.3 is 11.9 Å². The van der Waals surface area contributed by atoms with Crippen molar-refractivity contribution >= 4 is 37.7 Å². The predicted molar refractivity (Wildman–Crippen MR) is 280 cm³/mol. The van der Waals surface area contributed by atoms with E-state index < -0.39 is 32.0 Å². The van der Waals surface area contributed by atoms with Gasteiger partial charge in [-0.25, -0.2) is 36.4 Å². The van der Waals surface area contributed by atoms with Crippen molar-refractivity contribution in [3.8, 4) is 68.7 Å². The molecule has 2 aliphatic heterocycles. The molecule has 4 aromatic carbocycles. The molecule has 2 saturated heterocycles. The summed E-state index contributed by atoms with van der Waals surface area (Å²) in [6.07, 6.45) is 7.51. The fraction of sp³-hybridized carbons (Fsp3) is 0.179. The smallest absolute Gasteiger partial charge is 0.335 e. The molecule has 77 heavy (non-hydrogen) atoms. The van der Waals surface area contributed by atoms with E-state index in [1.165, 1.54) is 70.1 Å². The summed E-state index contributed by atoms with van der Waals surface area (Å²) in [5.41, 5.74) is 7.53. The van der Waals surface area contributed by atoms with Crippen LogP contribution in [-0.2, 0) is 38.0 Å². The number of furan rings is 2. The van der Waals surface area contributed by atoms with E-state index >= 15 is 0 Å². The van der Waals surface area contributed by atoms with Crippen molar-refractivity contribution in [3.05, 3.63) is 180 Å². The molecule has 8 aromatic rings. The minimum absolute atomic E-state index is 0.0482. The average molecular weight is 1080 g/mol. The number of benzene rings is 4. The Morgan fingerprint density at radius 2 is 1.09 bits per heavy atom. The molecule has 2 N–H and O–H groups in total. The highest BCUT2D eigenvalue weighted by atomic mass is 32.2. The Kier molecular flexibility index (Phi) is 15.9. The Morgan fingerprint density at radius 3 is 1.51 bits per heavy atom. The van der Waals surface area contributed by atoms with Gasteiger partial charge in [0.1, 0.15) is 36.5 Å². The topological polar surface area (TPSA) is 277 Å². The van der Waals surface area contributed by atoms with Gasteiger partial charge in [-0.3, -0.25) is 4.31 Å². The van der Waals surface area contributed by atoms with Crippen LogP contribution in [0, 0.1) is 22.7 Å². The quantitative estimate of drug-likeness (QED) is 0.0967. The number of carbonyl (C=O) groups is 2. The van der Waals surface area contributed by atoms with Crippen LogP contribution in [0.3, 0.4) is 0 Å². The van der Waals surface area contributed by atoms with E-state index in [-0.39, 0.29) is 57.9 Å². The molecule has 2 fully saturated rings. The van der Waals surface area contributed by atoms with Gasteiger partial charge in [-0.1, -0.05) is 48.5 Å². The first-order chi connectivity index (χ1) is 37.2. The first-order valence-electron chi connectivity index (χ1n) is 23.9. The van der Waals surface area contributed by atoms with Crippen molar-refractivity contribution in [2.24, 2.45) is 0 Å². The highest BCUT2D eigenvalue weighted by Gasteiger charge is 2.28. The summed E-state index contributed by atoms with van der Waals surface area (Å²) in [6.45, 7) is 1.89. The van der Waals surface area contributed by atoms with Gasteiger partial charge < -0.3 is 33.3 Å². The highest BCUT2D eigenvalue weighted by Crippen LogP contribution is 2.37. The van der Waals surface area contributed by atoms with Gasteiger partial charge in [0.05, 0.1) is 77.1 Å². The number of pyridine rings is 2. The Bertz CT molecular complexity index is 3720. The third-order valence-electron chi connectivity index (χ3n) is 12.6. The number of carboxylic acids is 2. The third-order valence-corrected chi connectivity index (χ3v) is 16.4. The fourth-order valence-corrected chi connectivity index (χ4v) is 11.5. The highest BCUT2D eigenvalue weighted by molar-refractivity contribution is 7.92. The van der Waals surface area contributed by atoms with Crippen LogP contribution in [0.2, 0.25) is 0 Å². The van der Waals surface area contributed by atoms with Crippen LogP contribution in [0.5, 0.6) is 11.8 Å². The number of aromatic carboxylic acids is 2. The maximum atomic E-state index is 13.0. The van der Waals surface area contributed by atoms with Crippen LogP contribution < -0.4 is 13.8 Å². The number of anilines is 1. The second-order valence-electron chi connectivity index (χ2n) is 17.5. The Labute approximate surface area is 442 Å². The number of carboxylic acid groups (broad SMARTS) is 2. The number of morpholine rings is 1. The van der Waals surface area contributed by atoms with Gasteiger partial charge in [0.15, 0.2) is 0 Å². The molecule has 10 rings (SSSR count). The third kappa shape index (κ3) is 12.0. The minimum atomic E-state index is -3.66. The second-order valence-corrected chi connectivity index (χ2v) is 21.4. The fourth-order valence-electron chi connectivity index (χ4n) is 8.46. The first-order valence-corrected chi connectivity index (χ1v) is 26.9. The van der Waals surface area contributed by atoms with Crippen LogP contribution in [0.1, 0.15) is 55.8 Å². The van der Waals surface area contributed by atoms with E-state index in [1.54, 1.807) is 84.9 Å². The van der Waals surface area contributed by atoms with Gasteiger partial charge in [0.2, 0.25) is 31.8 Å². The lowest BCUT2D eigenvalue weighted by molar-refractivity contribution is 0.0686. The number of sulfonamides is 2. The van der Waals surface area contributed by atoms with Crippen LogP contribution in [-0.4, -0.2) is 91.9 Å². The number of hydrogen-bond acceptors (Lipinski definition) is 15. The average Bonchev–Trinajstić information content (AvgIpc) is 4.21. The zero-order valence-electron chi connectivity index (χ0n) is 40.8. The number of ether oxygens (including phenoxy) is 3. The second kappa shape index (κ2) is 23.2. The van der Waals surface area contributed by atoms with Crippen molar-refractivity contribution in [1.82, 2.24) is 14.3 Å². The zero-order chi connectivity index (χ0) is 54.1.